The molecule has 21 heavy (non-hydrogen) atoms. The van der Waals surface area contributed by atoms with Gasteiger partial charge >= 0.3 is 5.97 Å². The van der Waals surface area contributed by atoms with Crippen LogP contribution in [-0.4, -0.2) is 26.7 Å². The number of nitrogens with zero attached hydrogens (tertiary/aromatic N) is 1. The summed E-state index contributed by atoms with van der Waals surface area (Å²) in [6.45, 7) is 0.892. The van der Waals surface area contributed by atoms with E-state index in [0.29, 0.717) is 5.56 Å². The number of carbonyl (C=O) groups is 1. The Hall–Kier alpha value is -2.29. The minimum atomic E-state index is -0.291. The van der Waals surface area contributed by atoms with Gasteiger partial charge in [-0.15, -0.1) is 0 Å². The molecule has 0 heterocycles. The Labute approximate surface area is 126 Å². The number of hydrogen-bond acceptors (Lipinski definition) is 3. The number of carbonyl (C=O) groups excluding carboxylic acids is 1. The summed E-state index contributed by atoms with van der Waals surface area (Å²) >= 11 is 0. The smallest absolute Gasteiger partial charge is 0.339 e. The molecule has 0 radical (unpaired) electrons. The van der Waals surface area contributed by atoms with Crippen LogP contribution in [0.1, 0.15) is 22.3 Å². The van der Waals surface area contributed by atoms with E-state index >= 15 is 0 Å². The van der Waals surface area contributed by atoms with Crippen LogP contribution in [0.4, 0.5) is 5.69 Å². The third kappa shape index (κ3) is 4.09. The molecule has 0 atom stereocenters. The van der Waals surface area contributed by atoms with Crippen molar-refractivity contribution in [2.75, 3.05) is 25.6 Å². The van der Waals surface area contributed by atoms with Crippen molar-refractivity contribution in [1.82, 2.24) is 0 Å². The van der Waals surface area contributed by atoms with Crippen LogP contribution in [0.5, 0.6) is 0 Å². The molecule has 3 nitrogen and oxygen atoms in total. The van der Waals surface area contributed by atoms with Gasteiger partial charge in [0.05, 0.1) is 18.4 Å². The van der Waals surface area contributed by atoms with Gasteiger partial charge in [0.25, 0.3) is 0 Å². The second-order valence-electron chi connectivity index (χ2n) is 5.02. The van der Waals surface area contributed by atoms with Gasteiger partial charge in [0, 0.05) is 13.6 Å². The van der Waals surface area contributed by atoms with E-state index in [0.717, 1.165) is 25.1 Å². The molecule has 2 aromatic rings. The summed E-state index contributed by atoms with van der Waals surface area (Å²) in [7, 11) is 3.42. The molecule has 0 aliphatic heterocycles. The van der Waals surface area contributed by atoms with Crippen molar-refractivity contribution in [3.63, 3.8) is 0 Å². The summed E-state index contributed by atoms with van der Waals surface area (Å²) in [4.78, 5) is 13.9. The van der Waals surface area contributed by atoms with Crippen molar-refractivity contribution in [1.29, 1.82) is 0 Å². The van der Waals surface area contributed by atoms with Crippen LogP contribution in [0, 0.1) is 0 Å². The van der Waals surface area contributed by atoms with Gasteiger partial charge in [-0.3, -0.25) is 0 Å². The maximum atomic E-state index is 11.8. The lowest BCUT2D eigenvalue weighted by Gasteiger charge is -2.21. The summed E-state index contributed by atoms with van der Waals surface area (Å²) in [5.74, 6) is -0.291. The molecule has 0 N–H and O–H groups in total. The van der Waals surface area contributed by atoms with Crippen molar-refractivity contribution < 1.29 is 9.53 Å². The quantitative estimate of drug-likeness (QED) is 0.759. The SMILES string of the molecule is COC(=O)c1ccccc1N(C)CCCc1ccccc1. The first-order valence-corrected chi connectivity index (χ1v) is 7.15. The molecule has 3 heteroatoms. The number of methoxy groups -OCH3 is 1. The Balaban J connectivity index is 1.97. The number of para-hydroxylation sites is 1. The molecular weight excluding hydrogens is 262 g/mol. The molecule has 0 aromatic heterocycles. The minimum absolute atomic E-state index is 0.291. The minimum Gasteiger partial charge on any atom is -0.465 e. The Kier molecular flexibility index (Phi) is 5.38. The van der Waals surface area contributed by atoms with Crippen LogP contribution < -0.4 is 4.90 Å². The summed E-state index contributed by atoms with van der Waals surface area (Å²) in [6.07, 6.45) is 2.07. The second kappa shape index (κ2) is 7.48. The van der Waals surface area contributed by atoms with Gasteiger partial charge in [-0.2, -0.15) is 0 Å². The molecule has 0 fully saturated rings. The summed E-state index contributed by atoms with van der Waals surface area (Å²) in [5.41, 5.74) is 2.87. The first kappa shape index (κ1) is 15.1. The van der Waals surface area contributed by atoms with Gasteiger partial charge in [0.2, 0.25) is 0 Å². The number of hydrogen-bond donors (Lipinski definition) is 0. The first-order valence-electron chi connectivity index (χ1n) is 7.15. The maximum Gasteiger partial charge on any atom is 0.339 e. The summed E-state index contributed by atoms with van der Waals surface area (Å²) in [5, 5.41) is 0. The van der Waals surface area contributed by atoms with Crippen molar-refractivity contribution in [2.24, 2.45) is 0 Å². The van der Waals surface area contributed by atoms with E-state index in [1.54, 1.807) is 6.07 Å². The lowest BCUT2D eigenvalue weighted by molar-refractivity contribution is 0.0601. The molecule has 0 unspecified atom stereocenters. The predicted molar refractivity (Wildman–Crippen MR) is 85.8 cm³/mol. The van der Waals surface area contributed by atoms with Gasteiger partial charge in [-0.1, -0.05) is 42.5 Å². The average molecular weight is 283 g/mol. The zero-order chi connectivity index (χ0) is 15.1. The van der Waals surface area contributed by atoms with Gasteiger partial charge < -0.3 is 9.64 Å². The highest BCUT2D eigenvalue weighted by Gasteiger charge is 2.13. The van der Waals surface area contributed by atoms with E-state index in [4.69, 9.17) is 4.74 Å². The number of ether oxygens (including phenoxy) is 1. The molecular formula is C18H21NO2. The zero-order valence-electron chi connectivity index (χ0n) is 12.6. The summed E-state index contributed by atoms with van der Waals surface area (Å²) in [6, 6.07) is 18.0. The van der Waals surface area contributed by atoms with E-state index in [2.05, 4.69) is 29.2 Å². The molecule has 0 spiro atoms. The Morgan fingerprint density at radius 1 is 1.05 bits per heavy atom. The molecule has 0 aliphatic rings. The van der Waals surface area contributed by atoms with Crippen LogP contribution in [-0.2, 0) is 11.2 Å². The normalized spacial score (nSPS) is 10.2. The highest BCUT2D eigenvalue weighted by atomic mass is 16.5. The number of anilines is 1. The maximum absolute atomic E-state index is 11.8. The van der Waals surface area contributed by atoms with Crippen LogP contribution in [0.15, 0.2) is 54.6 Å². The number of rotatable bonds is 6. The monoisotopic (exact) mass is 283 g/mol. The number of esters is 1. The van der Waals surface area contributed by atoms with Crippen LogP contribution in [0.25, 0.3) is 0 Å². The largest absolute Gasteiger partial charge is 0.465 e. The van der Waals surface area contributed by atoms with E-state index in [9.17, 15) is 4.79 Å². The fraction of sp³-hybridized carbons (Fsp3) is 0.278. The van der Waals surface area contributed by atoms with Crippen LogP contribution >= 0.6 is 0 Å². The van der Waals surface area contributed by atoms with Crippen molar-refractivity contribution >= 4 is 11.7 Å². The third-order valence-corrected chi connectivity index (χ3v) is 3.52. The molecule has 110 valence electrons. The second-order valence-corrected chi connectivity index (χ2v) is 5.02. The van der Waals surface area contributed by atoms with E-state index < -0.39 is 0 Å². The summed E-state index contributed by atoms with van der Waals surface area (Å²) < 4.78 is 4.84. The topological polar surface area (TPSA) is 29.5 Å². The van der Waals surface area contributed by atoms with Crippen molar-refractivity contribution in [3.8, 4) is 0 Å². The predicted octanol–water partition coefficient (Wildman–Crippen LogP) is 3.54. The number of aryl methyl sites for hydroxylation is 1. The molecule has 0 aliphatic carbocycles. The molecule has 0 saturated heterocycles. The van der Waals surface area contributed by atoms with Crippen LogP contribution in [0.3, 0.4) is 0 Å². The lowest BCUT2D eigenvalue weighted by atomic mass is 10.1. The molecule has 0 saturated carbocycles. The van der Waals surface area contributed by atoms with Crippen molar-refractivity contribution in [2.45, 2.75) is 12.8 Å². The van der Waals surface area contributed by atoms with Crippen LogP contribution in [0.2, 0.25) is 0 Å². The highest BCUT2D eigenvalue weighted by molar-refractivity contribution is 5.95. The van der Waals surface area contributed by atoms with Gasteiger partial charge in [0.15, 0.2) is 0 Å². The third-order valence-electron chi connectivity index (χ3n) is 3.52. The van der Waals surface area contributed by atoms with Gasteiger partial charge in [-0.25, -0.2) is 4.79 Å². The standard InChI is InChI=1S/C18H21NO2/c1-19(14-8-11-15-9-4-3-5-10-15)17-13-7-6-12-16(17)18(20)21-2/h3-7,9-10,12-13H,8,11,14H2,1-2H3. The Bertz CT molecular complexity index is 581. The van der Waals surface area contributed by atoms with E-state index in [1.165, 1.54) is 12.7 Å². The Morgan fingerprint density at radius 3 is 2.43 bits per heavy atom. The molecule has 2 aromatic carbocycles. The molecule has 2 rings (SSSR count). The average Bonchev–Trinajstić information content (AvgIpc) is 2.55. The van der Waals surface area contributed by atoms with Crippen molar-refractivity contribution in [3.05, 3.63) is 65.7 Å². The highest BCUT2D eigenvalue weighted by Crippen LogP contribution is 2.20. The fourth-order valence-corrected chi connectivity index (χ4v) is 2.37. The van der Waals surface area contributed by atoms with E-state index in [-0.39, 0.29) is 5.97 Å². The number of benzene rings is 2. The van der Waals surface area contributed by atoms with Gasteiger partial charge in [-0.05, 0) is 30.5 Å². The first-order chi connectivity index (χ1) is 10.2. The molecule has 0 amide bonds. The fourth-order valence-electron chi connectivity index (χ4n) is 2.37. The Morgan fingerprint density at radius 2 is 1.71 bits per heavy atom. The van der Waals surface area contributed by atoms with Gasteiger partial charge in [0.1, 0.15) is 0 Å². The zero-order valence-corrected chi connectivity index (χ0v) is 12.6. The molecule has 0 bridgehead atoms. The van der Waals surface area contributed by atoms with E-state index in [1.807, 2.05) is 31.3 Å². The lowest BCUT2D eigenvalue weighted by Crippen LogP contribution is -2.21.